The maximum Gasteiger partial charge on any atom is 0.0540 e. The fraction of sp³-hybridized carbons (Fsp3) is 0.0312. The molecule has 0 saturated carbocycles. The van der Waals surface area contributed by atoms with Crippen LogP contribution in [0, 0.1) is 0 Å². The Bertz CT molecular complexity index is 3420. The molecule has 11 aromatic rings. The number of rotatable bonds is 12. The molecule has 0 heterocycles. The van der Waals surface area contributed by atoms with Crippen LogP contribution in [0.25, 0.3) is 86.9 Å². The first-order chi connectivity index (χ1) is 32.7. The largest absolute Gasteiger partial charge is 0.310 e. The van der Waals surface area contributed by atoms with Crippen LogP contribution in [-0.4, -0.2) is 0 Å². The summed E-state index contributed by atoms with van der Waals surface area (Å²) in [6.45, 7) is 12.2. The molecule has 0 aliphatic heterocycles. The van der Waals surface area contributed by atoms with Gasteiger partial charge in [0.1, 0.15) is 0 Å². The van der Waals surface area contributed by atoms with E-state index in [1.165, 1.54) is 86.9 Å². The van der Waals surface area contributed by atoms with Crippen molar-refractivity contribution < 1.29 is 0 Å². The van der Waals surface area contributed by atoms with E-state index in [1.807, 2.05) is 24.3 Å². The van der Waals surface area contributed by atoms with Gasteiger partial charge >= 0.3 is 0 Å². The predicted octanol–water partition coefficient (Wildman–Crippen LogP) is 18.4. The van der Waals surface area contributed by atoms with E-state index in [1.54, 1.807) is 0 Å². The van der Waals surface area contributed by atoms with Gasteiger partial charge in [0, 0.05) is 33.5 Å². The summed E-state index contributed by atoms with van der Waals surface area (Å²) in [5.41, 5.74) is 11.5. The molecule has 0 unspecified atom stereocenters. The molecule has 0 bridgehead atoms. The molecule has 0 saturated heterocycles. The summed E-state index contributed by atoms with van der Waals surface area (Å²) < 4.78 is 0. The second-order valence-corrected chi connectivity index (χ2v) is 16.7. The quantitative estimate of drug-likeness (QED) is 0.113. The van der Waals surface area contributed by atoms with E-state index in [9.17, 15) is 0 Å². The van der Waals surface area contributed by atoms with E-state index in [-0.39, 0.29) is 0 Å². The van der Waals surface area contributed by atoms with Gasteiger partial charge in [-0.15, -0.1) is 0 Å². The zero-order valence-electron chi connectivity index (χ0n) is 37.2. The van der Waals surface area contributed by atoms with Crippen molar-refractivity contribution in [3.8, 4) is 22.3 Å². The molecule has 0 aromatic heterocycles. The van der Waals surface area contributed by atoms with Crippen LogP contribution in [0.3, 0.4) is 0 Å². The van der Waals surface area contributed by atoms with Gasteiger partial charge in [0.05, 0.1) is 11.4 Å². The first-order valence-electron chi connectivity index (χ1n) is 22.8. The fourth-order valence-electron chi connectivity index (χ4n) is 10.6. The van der Waals surface area contributed by atoms with Crippen LogP contribution in [0.15, 0.2) is 255 Å². The van der Waals surface area contributed by atoms with Gasteiger partial charge in [0.2, 0.25) is 0 Å². The molecule has 2 nitrogen and oxygen atoms in total. The minimum atomic E-state index is 1.07. The highest BCUT2D eigenvalue weighted by Gasteiger charge is 2.29. The van der Waals surface area contributed by atoms with Crippen molar-refractivity contribution in [2.24, 2.45) is 0 Å². The lowest BCUT2D eigenvalue weighted by molar-refractivity contribution is 1.21. The number of para-hydroxylation sites is 2. The zero-order chi connectivity index (χ0) is 44.7. The zero-order valence-corrected chi connectivity index (χ0v) is 37.2. The molecule has 0 N–H and O–H groups in total. The molecule has 0 aliphatic rings. The minimum Gasteiger partial charge on any atom is -0.310 e. The summed E-state index contributed by atoms with van der Waals surface area (Å²) >= 11 is 0. The number of anilines is 4. The molecule has 0 aliphatic carbocycles. The highest BCUT2D eigenvalue weighted by molar-refractivity contribution is 6.47. The van der Waals surface area contributed by atoms with Crippen molar-refractivity contribution >= 4 is 87.4 Å². The maximum atomic E-state index is 4.00. The third kappa shape index (κ3) is 6.33. The van der Waals surface area contributed by atoms with E-state index >= 15 is 0 Å². The second kappa shape index (κ2) is 16.9. The molecular weight excluding hydrogens is 797 g/mol. The second-order valence-electron chi connectivity index (χ2n) is 16.7. The van der Waals surface area contributed by atoms with Gasteiger partial charge in [-0.3, -0.25) is 0 Å². The van der Waals surface area contributed by atoms with E-state index in [0.717, 1.165) is 34.1 Å². The van der Waals surface area contributed by atoms with Crippen molar-refractivity contribution in [1.82, 2.24) is 0 Å². The van der Waals surface area contributed by atoms with Crippen molar-refractivity contribution in [1.29, 1.82) is 0 Å². The summed E-state index contributed by atoms with van der Waals surface area (Å²) in [4.78, 5) is 4.75. The van der Waals surface area contributed by atoms with Gasteiger partial charge in [-0.2, -0.15) is 0 Å². The molecule has 2 heteroatoms. The van der Waals surface area contributed by atoms with Gasteiger partial charge < -0.3 is 9.80 Å². The molecule has 11 aromatic carbocycles. The fourth-order valence-corrected chi connectivity index (χ4v) is 10.6. The summed E-state index contributed by atoms with van der Waals surface area (Å²) in [6, 6.07) is 66.8. The Morgan fingerprint density at radius 3 is 1.03 bits per heavy atom. The summed E-state index contributed by atoms with van der Waals surface area (Å²) in [7, 11) is 0. The number of allylic oxidation sites excluding steroid dienone is 8. The van der Waals surface area contributed by atoms with Crippen molar-refractivity contribution in [2.45, 2.75) is 13.8 Å². The molecule has 66 heavy (non-hydrogen) atoms. The lowest BCUT2D eigenvalue weighted by Crippen LogP contribution is -2.15. The van der Waals surface area contributed by atoms with Gasteiger partial charge in [-0.1, -0.05) is 195 Å². The Morgan fingerprint density at radius 1 is 0.348 bits per heavy atom. The van der Waals surface area contributed by atoms with Crippen LogP contribution in [0.2, 0.25) is 0 Å². The Balaban J connectivity index is 1.33. The molecule has 0 fully saturated rings. The summed E-state index contributed by atoms with van der Waals surface area (Å²) in [5.74, 6) is 0. The Hall–Kier alpha value is -8.46. The highest BCUT2D eigenvalue weighted by Crippen LogP contribution is 2.57. The van der Waals surface area contributed by atoms with Crippen LogP contribution in [-0.2, 0) is 0 Å². The SMILES string of the molecule is C=C/C=C\C(=C/C)N(c1ccccc1)c1ccc2c3c(-c4ccccc4)c4c5cccc6c(N(C(/C=C\C=C)=C/C)c7ccccc7)ccc(c4c(-c4ccccc4)c3c3cccc1c32)c65. The number of nitrogens with zero attached hydrogens (tertiary/aromatic N) is 2. The highest BCUT2D eigenvalue weighted by atomic mass is 15.2. The average Bonchev–Trinajstić information content (AvgIpc) is 3.89. The van der Waals surface area contributed by atoms with Crippen molar-refractivity contribution in [3.05, 3.63) is 255 Å². The smallest absolute Gasteiger partial charge is 0.0540 e. The van der Waals surface area contributed by atoms with E-state index < -0.39 is 0 Å². The first-order valence-corrected chi connectivity index (χ1v) is 22.8. The molecule has 0 amide bonds. The van der Waals surface area contributed by atoms with Crippen molar-refractivity contribution in [3.63, 3.8) is 0 Å². The molecular formula is C64H48N2. The lowest BCUT2D eigenvalue weighted by atomic mass is 9.87. The van der Waals surface area contributed by atoms with Gasteiger partial charge in [0.15, 0.2) is 0 Å². The molecule has 314 valence electrons. The van der Waals surface area contributed by atoms with Crippen LogP contribution >= 0.6 is 0 Å². The predicted molar refractivity (Wildman–Crippen MR) is 288 cm³/mol. The normalized spacial score (nSPS) is 12.6. The van der Waals surface area contributed by atoms with Crippen LogP contribution < -0.4 is 9.80 Å². The van der Waals surface area contributed by atoms with Crippen molar-refractivity contribution in [2.75, 3.05) is 9.80 Å². The minimum absolute atomic E-state index is 1.07. The van der Waals surface area contributed by atoms with Crippen LogP contribution in [0.4, 0.5) is 22.7 Å². The van der Waals surface area contributed by atoms with Gasteiger partial charge in [-0.25, -0.2) is 0 Å². The Labute approximate surface area is 386 Å². The molecule has 0 spiro atoms. The first kappa shape index (κ1) is 40.3. The monoisotopic (exact) mass is 844 g/mol. The third-order valence-electron chi connectivity index (χ3n) is 13.2. The average molecular weight is 845 g/mol. The van der Waals surface area contributed by atoms with E-state index in [4.69, 9.17) is 0 Å². The third-order valence-corrected chi connectivity index (χ3v) is 13.2. The molecule has 11 rings (SSSR count). The summed E-state index contributed by atoms with van der Waals surface area (Å²) in [5, 5.41) is 15.1. The van der Waals surface area contributed by atoms with E-state index in [2.05, 4.69) is 243 Å². The van der Waals surface area contributed by atoms with E-state index in [0.29, 0.717) is 0 Å². The number of benzene rings is 9. The van der Waals surface area contributed by atoms with Gasteiger partial charge in [-0.05, 0) is 139 Å². The molecule has 0 atom stereocenters. The summed E-state index contributed by atoms with van der Waals surface area (Å²) in [6.07, 6.45) is 16.3. The lowest BCUT2D eigenvalue weighted by Gasteiger charge is -2.28. The van der Waals surface area contributed by atoms with Gasteiger partial charge in [0.25, 0.3) is 0 Å². The van der Waals surface area contributed by atoms with Crippen LogP contribution in [0.5, 0.6) is 0 Å². The Morgan fingerprint density at radius 2 is 0.682 bits per heavy atom. The number of hydrogen-bond acceptors (Lipinski definition) is 2. The topological polar surface area (TPSA) is 6.48 Å². The standard InChI is InChI=1S/C64H48N2/c1-5-9-29-45(7-3)65(47-31-19-13-20-32-47)55-41-39-53-59-49(55)35-23-37-51(59)61-57(43-25-15-11-16-26-43)64-54-40-42-56(66(46(8-4)30-10-6-2)48-33-21-14-22-34-48)50-36-24-38-52(60(50)54)62(64)58(63(53)61)44-27-17-12-18-28-44/h5-42H,1-2H2,3-4H3/b29-9-,30-10-,45-7+,46-8+. The number of fused-ring (bicyclic) bond motifs is 6. The maximum absolute atomic E-state index is 4.00. The number of hydrogen-bond donors (Lipinski definition) is 0. The Kier molecular flexibility index (Phi) is 10.3. The molecule has 0 radical (unpaired) electrons. The van der Waals surface area contributed by atoms with Crippen LogP contribution in [0.1, 0.15) is 13.8 Å².